The minimum atomic E-state index is -0.473. The molecule has 0 aromatic heterocycles. The van der Waals surface area contributed by atoms with E-state index in [4.69, 9.17) is 0 Å². The van der Waals surface area contributed by atoms with Crippen LogP contribution in [0.15, 0.2) is 11.6 Å². The number of Topliss-reactive ketones (excluding diaryl/α,β-unsaturated/α-hetero) is 1. The van der Waals surface area contributed by atoms with Crippen molar-refractivity contribution in [2.24, 2.45) is 34.5 Å². The van der Waals surface area contributed by atoms with Crippen LogP contribution in [-0.4, -0.2) is 22.8 Å². The molecule has 1 N–H and O–H groups in total. The topological polar surface area (TPSA) is 54.4 Å². The summed E-state index contributed by atoms with van der Waals surface area (Å²) in [4.78, 5) is 24.1. The Labute approximate surface area is 144 Å². The Balaban J connectivity index is 1.71. The monoisotopic (exact) mass is 330 g/mol. The van der Waals surface area contributed by atoms with Gasteiger partial charge in [-0.3, -0.25) is 9.59 Å². The summed E-state index contributed by atoms with van der Waals surface area (Å²) in [5.74, 6) is 2.35. The van der Waals surface area contributed by atoms with Crippen LogP contribution in [0.3, 0.4) is 0 Å². The molecular formula is C21H30O3. The smallest absolute Gasteiger partial charge is 0.155 e. The lowest BCUT2D eigenvalue weighted by Crippen LogP contribution is -2.54. The molecule has 7 atom stereocenters. The fourth-order valence-corrected chi connectivity index (χ4v) is 7.27. The first-order valence-corrected chi connectivity index (χ1v) is 9.71. The molecule has 3 nitrogen and oxygen atoms in total. The number of aliphatic hydroxyl groups excluding tert-OH is 1. The standard InChI is InChI=1S/C21H30O3/c1-12(22)15-4-5-16-14-11-19(24)18-10-13(23)6-8-21(18,3)17(14)7-9-20(15,16)2/h10,14-17,19,24H,4-9,11H2,1-3H3/t14-,15+,16-,17-,19+,20+,21?/m0/s1. The maximum atomic E-state index is 12.2. The van der Waals surface area contributed by atoms with Crippen molar-refractivity contribution in [3.8, 4) is 0 Å². The average Bonchev–Trinajstić information content (AvgIpc) is 2.87. The number of hydrogen-bond donors (Lipinski definition) is 1. The van der Waals surface area contributed by atoms with Gasteiger partial charge in [0.05, 0.1) is 6.10 Å². The summed E-state index contributed by atoms with van der Waals surface area (Å²) in [5, 5.41) is 10.8. The molecule has 0 aromatic rings. The number of rotatable bonds is 1. The highest BCUT2D eigenvalue weighted by atomic mass is 16.3. The van der Waals surface area contributed by atoms with Gasteiger partial charge in [0.2, 0.25) is 0 Å². The van der Waals surface area contributed by atoms with Gasteiger partial charge in [-0.1, -0.05) is 13.8 Å². The van der Waals surface area contributed by atoms with Gasteiger partial charge in [0, 0.05) is 12.3 Å². The fourth-order valence-electron chi connectivity index (χ4n) is 7.27. The summed E-state index contributed by atoms with van der Waals surface area (Å²) in [6, 6.07) is 0. The third-order valence-corrected chi connectivity index (χ3v) is 8.47. The number of fused-ring (bicyclic) bond motifs is 5. The van der Waals surface area contributed by atoms with E-state index in [2.05, 4.69) is 13.8 Å². The SMILES string of the molecule is CC(=O)[C@H]1CC[C@H]2[C@@H]3C[C@@H](O)C4=CC(=O)CCC4(C)[C@H]3CC[C@]12C. The van der Waals surface area contributed by atoms with Crippen molar-refractivity contribution in [3.05, 3.63) is 11.6 Å². The van der Waals surface area contributed by atoms with Crippen LogP contribution in [0.2, 0.25) is 0 Å². The molecule has 4 aliphatic carbocycles. The first-order chi connectivity index (χ1) is 11.3. The molecule has 0 bridgehead atoms. The molecule has 24 heavy (non-hydrogen) atoms. The molecule has 0 aliphatic heterocycles. The zero-order valence-corrected chi connectivity index (χ0v) is 15.2. The lowest BCUT2D eigenvalue weighted by molar-refractivity contribution is -0.130. The zero-order chi connectivity index (χ0) is 17.3. The largest absolute Gasteiger partial charge is 0.389 e. The van der Waals surface area contributed by atoms with Gasteiger partial charge in [0.1, 0.15) is 5.78 Å². The Hall–Kier alpha value is -0.960. The third-order valence-electron chi connectivity index (χ3n) is 8.47. The number of carbonyl (C=O) groups is 2. The molecule has 0 spiro atoms. The predicted molar refractivity (Wildman–Crippen MR) is 92.3 cm³/mol. The molecule has 3 fully saturated rings. The Bertz CT molecular complexity index is 621. The van der Waals surface area contributed by atoms with E-state index in [1.54, 1.807) is 13.0 Å². The van der Waals surface area contributed by atoms with Crippen molar-refractivity contribution < 1.29 is 14.7 Å². The van der Waals surface area contributed by atoms with Gasteiger partial charge in [-0.05, 0) is 85.7 Å². The van der Waals surface area contributed by atoms with Crippen molar-refractivity contribution in [1.82, 2.24) is 0 Å². The van der Waals surface area contributed by atoms with Gasteiger partial charge >= 0.3 is 0 Å². The molecule has 132 valence electrons. The van der Waals surface area contributed by atoms with E-state index < -0.39 is 6.10 Å². The Morgan fingerprint density at radius 3 is 2.62 bits per heavy atom. The number of hydrogen-bond acceptors (Lipinski definition) is 3. The molecule has 0 aromatic carbocycles. The lowest BCUT2D eigenvalue weighted by Gasteiger charge is -2.59. The van der Waals surface area contributed by atoms with Gasteiger partial charge in [0.15, 0.2) is 5.78 Å². The van der Waals surface area contributed by atoms with E-state index in [1.165, 1.54) is 0 Å². The van der Waals surface area contributed by atoms with Gasteiger partial charge < -0.3 is 5.11 Å². The average molecular weight is 330 g/mol. The minimum absolute atomic E-state index is 0.0219. The zero-order valence-electron chi connectivity index (χ0n) is 15.2. The minimum Gasteiger partial charge on any atom is -0.389 e. The van der Waals surface area contributed by atoms with E-state index in [0.29, 0.717) is 30.0 Å². The fraction of sp³-hybridized carbons (Fsp3) is 0.810. The Kier molecular flexibility index (Phi) is 3.62. The van der Waals surface area contributed by atoms with Crippen LogP contribution in [-0.2, 0) is 9.59 Å². The summed E-state index contributed by atoms with van der Waals surface area (Å²) in [6.07, 6.45) is 7.97. The van der Waals surface area contributed by atoms with E-state index in [9.17, 15) is 14.7 Å². The van der Waals surface area contributed by atoms with Crippen LogP contribution in [0.4, 0.5) is 0 Å². The highest BCUT2D eigenvalue weighted by Gasteiger charge is 2.61. The summed E-state index contributed by atoms with van der Waals surface area (Å²) in [5.41, 5.74) is 1.10. The van der Waals surface area contributed by atoms with Crippen LogP contribution in [0.5, 0.6) is 0 Å². The number of carbonyl (C=O) groups excluding carboxylic acids is 2. The van der Waals surface area contributed by atoms with Crippen molar-refractivity contribution >= 4 is 11.6 Å². The van der Waals surface area contributed by atoms with Gasteiger partial charge in [-0.2, -0.15) is 0 Å². The summed E-state index contributed by atoms with van der Waals surface area (Å²) in [7, 11) is 0. The highest BCUT2D eigenvalue weighted by molar-refractivity contribution is 5.91. The lowest BCUT2D eigenvalue weighted by atomic mass is 9.46. The number of ketones is 2. The second kappa shape index (κ2) is 5.27. The van der Waals surface area contributed by atoms with Gasteiger partial charge in [-0.25, -0.2) is 0 Å². The van der Waals surface area contributed by atoms with Gasteiger partial charge in [0.25, 0.3) is 0 Å². The van der Waals surface area contributed by atoms with Crippen molar-refractivity contribution in [1.29, 1.82) is 0 Å². The highest BCUT2D eigenvalue weighted by Crippen LogP contribution is 2.66. The van der Waals surface area contributed by atoms with Gasteiger partial charge in [-0.15, -0.1) is 0 Å². The first-order valence-electron chi connectivity index (χ1n) is 9.71. The molecule has 1 unspecified atom stereocenters. The normalized spacial score (nSPS) is 50.6. The predicted octanol–water partition coefficient (Wildman–Crippen LogP) is 3.69. The maximum absolute atomic E-state index is 12.2. The molecule has 3 heteroatoms. The van der Waals surface area contributed by atoms with Crippen LogP contribution in [0, 0.1) is 34.5 Å². The molecule has 0 amide bonds. The molecule has 3 saturated carbocycles. The second-order valence-electron chi connectivity index (χ2n) is 9.40. The summed E-state index contributed by atoms with van der Waals surface area (Å²) < 4.78 is 0. The van der Waals surface area contributed by atoms with E-state index in [0.717, 1.165) is 44.1 Å². The third kappa shape index (κ3) is 2.06. The first kappa shape index (κ1) is 16.5. The molecule has 0 heterocycles. The quantitative estimate of drug-likeness (QED) is 0.797. The molecule has 0 radical (unpaired) electrons. The van der Waals surface area contributed by atoms with Crippen LogP contribution < -0.4 is 0 Å². The van der Waals surface area contributed by atoms with Crippen molar-refractivity contribution in [2.45, 2.75) is 71.8 Å². The summed E-state index contributed by atoms with van der Waals surface area (Å²) >= 11 is 0. The van der Waals surface area contributed by atoms with Crippen LogP contribution >= 0.6 is 0 Å². The van der Waals surface area contributed by atoms with E-state index >= 15 is 0 Å². The molecular weight excluding hydrogens is 300 g/mol. The van der Waals surface area contributed by atoms with Crippen molar-refractivity contribution in [3.63, 3.8) is 0 Å². The van der Waals surface area contributed by atoms with E-state index in [-0.39, 0.29) is 22.5 Å². The Morgan fingerprint density at radius 2 is 1.92 bits per heavy atom. The van der Waals surface area contributed by atoms with Crippen LogP contribution in [0.1, 0.15) is 65.7 Å². The summed E-state index contributed by atoms with van der Waals surface area (Å²) in [6.45, 7) is 6.37. The van der Waals surface area contributed by atoms with Crippen LogP contribution in [0.25, 0.3) is 0 Å². The molecule has 4 aliphatic rings. The second-order valence-corrected chi connectivity index (χ2v) is 9.40. The number of aliphatic hydroxyl groups is 1. The molecule has 0 saturated heterocycles. The van der Waals surface area contributed by atoms with Crippen molar-refractivity contribution in [2.75, 3.05) is 0 Å². The maximum Gasteiger partial charge on any atom is 0.155 e. The Morgan fingerprint density at radius 1 is 1.17 bits per heavy atom. The molecule has 4 rings (SSSR count). The van der Waals surface area contributed by atoms with E-state index in [1.807, 2.05) is 0 Å².